The molecule has 0 atom stereocenters. The van der Waals surface area contributed by atoms with Crippen molar-refractivity contribution < 1.29 is 5.80 Å². The molecule has 2 heterocycles. The highest BCUT2D eigenvalue weighted by Crippen LogP contribution is 2.11. The number of rotatable bonds is 4. The maximum Gasteiger partial charge on any atom is 0.186 e. The van der Waals surface area contributed by atoms with E-state index in [0.717, 1.165) is 16.7 Å². The van der Waals surface area contributed by atoms with Crippen LogP contribution in [0, 0.1) is 0 Å². The van der Waals surface area contributed by atoms with Crippen LogP contribution < -0.4 is 5.49 Å². The van der Waals surface area contributed by atoms with Gasteiger partial charge in [0.1, 0.15) is 17.7 Å². The summed E-state index contributed by atoms with van der Waals surface area (Å²) in [6, 6.07) is 13.5. The Hall–Kier alpha value is -2.31. The predicted molar refractivity (Wildman–Crippen MR) is 93.6 cm³/mol. The van der Waals surface area contributed by atoms with Crippen LogP contribution in [-0.2, 0) is 11.2 Å². The van der Waals surface area contributed by atoms with Crippen molar-refractivity contribution in [1.29, 1.82) is 0 Å². The molecule has 6 heteroatoms. The summed E-state index contributed by atoms with van der Waals surface area (Å²) in [5.41, 5.74) is 2.91. The van der Waals surface area contributed by atoms with Crippen LogP contribution in [0.25, 0.3) is 11.2 Å². The molecule has 3 aromatic rings. The van der Waals surface area contributed by atoms with Gasteiger partial charge in [0.05, 0.1) is 7.06 Å². The maximum absolute atomic E-state index is 7.77. The average Bonchev–Trinajstić information content (AvgIpc) is 2.53. The number of aromatic nitrogens is 3. The molecule has 5 nitrogen and oxygen atoms in total. The number of hydrogen-bond acceptors (Lipinski definition) is 4. The Balaban J connectivity index is 2.19. The standard InChI is InChI=1S/C17H20N4OSi/c1-23(2,3)22-13-21-16(20-14-7-5-4-6-8-14)10-9-15-17(21)19-12-11-18-15/h4-12H,13H2,1-3H3/i12D. The third-order valence-electron chi connectivity index (χ3n) is 3.21. The highest BCUT2D eigenvalue weighted by Gasteiger charge is 2.15. The van der Waals surface area contributed by atoms with Crippen LogP contribution in [0.2, 0.25) is 19.6 Å². The molecule has 2 aromatic heterocycles. The maximum atomic E-state index is 7.77. The number of benzene rings is 1. The second kappa shape index (κ2) is 6.43. The van der Waals surface area contributed by atoms with Gasteiger partial charge in [-0.05, 0) is 43.9 Å². The Labute approximate surface area is 137 Å². The van der Waals surface area contributed by atoms with Crippen LogP contribution in [0.15, 0.2) is 59.8 Å². The zero-order chi connectivity index (χ0) is 17.2. The van der Waals surface area contributed by atoms with Crippen molar-refractivity contribution >= 4 is 25.2 Å². The first kappa shape index (κ1) is 14.3. The summed E-state index contributed by atoms with van der Waals surface area (Å²) in [5, 5.41) is 0. The summed E-state index contributed by atoms with van der Waals surface area (Å²) in [5.74, 6) is 0. The Morgan fingerprint density at radius 1 is 1.13 bits per heavy atom. The molecule has 0 fully saturated rings. The second-order valence-corrected chi connectivity index (χ2v) is 10.7. The molecule has 0 unspecified atom stereocenters. The fraction of sp³-hybridized carbons (Fsp3) is 0.235. The average molecular weight is 325 g/mol. The van der Waals surface area contributed by atoms with Gasteiger partial charge in [0.2, 0.25) is 0 Å². The molecule has 0 spiro atoms. The number of fused-ring (bicyclic) bond motifs is 1. The van der Waals surface area contributed by atoms with Crippen LogP contribution >= 0.6 is 0 Å². The van der Waals surface area contributed by atoms with E-state index in [1.54, 1.807) is 0 Å². The molecule has 0 saturated carbocycles. The monoisotopic (exact) mass is 325 g/mol. The van der Waals surface area contributed by atoms with Gasteiger partial charge in [0, 0.05) is 12.4 Å². The zero-order valence-electron chi connectivity index (χ0n) is 14.5. The first-order valence-corrected chi connectivity index (χ1v) is 10.9. The van der Waals surface area contributed by atoms with Crippen molar-refractivity contribution in [1.82, 2.24) is 14.5 Å². The molecule has 0 aliphatic carbocycles. The molecule has 0 aliphatic rings. The van der Waals surface area contributed by atoms with Crippen molar-refractivity contribution in [3.8, 4) is 0 Å². The largest absolute Gasteiger partial charge is 0.400 e. The van der Waals surface area contributed by atoms with Crippen LogP contribution in [-0.4, -0.2) is 22.9 Å². The quantitative estimate of drug-likeness (QED) is 0.690. The Kier molecular flexibility index (Phi) is 4.00. The summed E-state index contributed by atoms with van der Waals surface area (Å²) >= 11 is 0. The number of pyridine rings is 1. The fourth-order valence-electron chi connectivity index (χ4n) is 2.09. The van der Waals surface area contributed by atoms with Gasteiger partial charge in [-0.15, -0.1) is 0 Å². The van der Waals surface area contributed by atoms with Gasteiger partial charge in [0.25, 0.3) is 0 Å². The van der Waals surface area contributed by atoms with E-state index in [4.69, 9.17) is 10.8 Å². The van der Waals surface area contributed by atoms with Gasteiger partial charge < -0.3 is 4.43 Å². The Bertz CT molecular complexity index is 919. The molecule has 1 aromatic carbocycles. The van der Waals surface area contributed by atoms with Gasteiger partial charge in [0.15, 0.2) is 14.0 Å². The lowest BCUT2D eigenvalue weighted by atomic mass is 10.3. The van der Waals surface area contributed by atoms with Crippen LogP contribution in [0.5, 0.6) is 0 Å². The van der Waals surface area contributed by atoms with Crippen LogP contribution in [0.1, 0.15) is 1.37 Å². The van der Waals surface area contributed by atoms with E-state index in [1.165, 1.54) is 6.20 Å². The van der Waals surface area contributed by atoms with E-state index in [2.05, 4.69) is 29.6 Å². The van der Waals surface area contributed by atoms with Crippen LogP contribution in [0.3, 0.4) is 0 Å². The lowest BCUT2D eigenvalue weighted by Crippen LogP contribution is -2.31. The van der Waals surface area contributed by atoms with E-state index in [9.17, 15) is 0 Å². The molecule has 0 N–H and O–H groups in total. The van der Waals surface area contributed by atoms with Crippen LogP contribution in [0.4, 0.5) is 5.69 Å². The molecule has 0 amide bonds. The highest BCUT2D eigenvalue weighted by molar-refractivity contribution is 6.69. The third kappa shape index (κ3) is 3.91. The van der Waals surface area contributed by atoms with Gasteiger partial charge in [-0.2, -0.15) is 0 Å². The minimum Gasteiger partial charge on any atom is -0.400 e. The van der Waals surface area contributed by atoms with Crippen molar-refractivity contribution in [3.63, 3.8) is 0 Å². The number of nitrogens with zero attached hydrogens (tertiary/aromatic N) is 4. The van der Waals surface area contributed by atoms with E-state index in [-0.39, 0.29) is 6.17 Å². The Morgan fingerprint density at radius 3 is 2.65 bits per heavy atom. The fourth-order valence-corrected chi connectivity index (χ4v) is 2.61. The van der Waals surface area contributed by atoms with Crippen molar-refractivity contribution in [2.75, 3.05) is 0 Å². The molecule has 0 bridgehead atoms. The van der Waals surface area contributed by atoms with Crippen molar-refractivity contribution in [3.05, 3.63) is 60.3 Å². The first-order chi connectivity index (χ1) is 11.4. The SMILES string of the molecule is [2H]c1cnc2ccc(=Nc3ccccc3)n(CO[Si](C)(C)C)c2n1. The van der Waals surface area contributed by atoms with Crippen molar-refractivity contribution in [2.24, 2.45) is 4.99 Å². The predicted octanol–water partition coefficient (Wildman–Crippen LogP) is 3.47. The van der Waals surface area contributed by atoms with Gasteiger partial charge in [-0.25, -0.2) is 9.98 Å². The molecule has 0 aliphatic heterocycles. The minimum absolute atomic E-state index is 0.126. The van der Waals surface area contributed by atoms with Crippen molar-refractivity contribution in [2.45, 2.75) is 26.4 Å². The normalized spacial score (nSPS) is 13.3. The van der Waals surface area contributed by atoms with Gasteiger partial charge in [-0.3, -0.25) is 9.55 Å². The van der Waals surface area contributed by atoms with E-state index < -0.39 is 8.32 Å². The second-order valence-electron chi connectivity index (χ2n) is 6.16. The summed E-state index contributed by atoms with van der Waals surface area (Å²) in [6.07, 6.45) is 1.57. The first-order valence-electron chi connectivity index (χ1n) is 7.99. The summed E-state index contributed by atoms with van der Waals surface area (Å²) in [7, 11) is -1.71. The van der Waals surface area contributed by atoms with Gasteiger partial charge in [-0.1, -0.05) is 18.2 Å². The molecule has 0 radical (unpaired) electrons. The molecule has 23 heavy (non-hydrogen) atoms. The summed E-state index contributed by atoms with van der Waals surface area (Å²) in [4.78, 5) is 13.3. The highest BCUT2D eigenvalue weighted by atomic mass is 28.4. The lowest BCUT2D eigenvalue weighted by molar-refractivity contribution is 0.228. The molecule has 0 saturated heterocycles. The topological polar surface area (TPSA) is 52.3 Å². The zero-order valence-corrected chi connectivity index (χ0v) is 14.5. The lowest BCUT2D eigenvalue weighted by Gasteiger charge is -2.19. The molecular weight excluding hydrogens is 304 g/mol. The van der Waals surface area contributed by atoms with E-state index in [0.29, 0.717) is 12.4 Å². The summed E-state index contributed by atoms with van der Waals surface area (Å²) < 4.78 is 15.7. The molecule has 3 rings (SSSR count). The smallest absolute Gasteiger partial charge is 0.186 e. The molecular formula is C17H20N4OSi. The Morgan fingerprint density at radius 2 is 1.91 bits per heavy atom. The minimum atomic E-state index is -1.71. The number of hydrogen-bond donors (Lipinski definition) is 0. The van der Waals surface area contributed by atoms with E-state index >= 15 is 0 Å². The number of para-hydroxylation sites is 1. The third-order valence-corrected chi connectivity index (χ3v) is 4.21. The summed E-state index contributed by atoms with van der Waals surface area (Å²) in [6.45, 7) is 6.74. The van der Waals surface area contributed by atoms with E-state index in [1.807, 2.05) is 47.0 Å². The molecule has 118 valence electrons. The van der Waals surface area contributed by atoms with Gasteiger partial charge >= 0.3 is 0 Å².